The first-order chi connectivity index (χ1) is 12.1. The monoisotopic (exact) mass is 341 g/mol. The summed E-state index contributed by atoms with van der Waals surface area (Å²) < 4.78 is 5.89. The van der Waals surface area contributed by atoms with Gasteiger partial charge in [0.2, 0.25) is 5.91 Å². The summed E-state index contributed by atoms with van der Waals surface area (Å²) in [6.45, 7) is 3.97. The Morgan fingerprint density at radius 3 is 2.72 bits per heavy atom. The lowest BCUT2D eigenvalue weighted by molar-refractivity contribution is -0.131. The predicted octanol–water partition coefficient (Wildman–Crippen LogP) is 2.79. The van der Waals surface area contributed by atoms with Gasteiger partial charge in [0.05, 0.1) is 24.8 Å². The van der Waals surface area contributed by atoms with Crippen LogP contribution < -0.4 is 5.32 Å². The van der Waals surface area contributed by atoms with Crippen LogP contribution in [-0.4, -0.2) is 42.1 Å². The van der Waals surface area contributed by atoms with Crippen LogP contribution in [-0.2, 0) is 9.53 Å². The van der Waals surface area contributed by atoms with Gasteiger partial charge in [0, 0.05) is 13.1 Å². The van der Waals surface area contributed by atoms with Crippen molar-refractivity contribution in [3.05, 3.63) is 35.9 Å². The number of carbonyl (C=O) groups is 1. The molecule has 2 fully saturated rings. The number of nitrogens with one attached hydrogen (secondary N) is 1. The molecular weight excluding hydrogens is 314 g/mol. The molecule has 1 saturated heterocycles. The van der Waals surface area contributed by atoms with Gasteiger partial charge in [-0.25, -0.2) is 0 Å². The number of hydrogen-bond acceptors (Lipinski definition) is 4. The quantitative estimate of drug-likeness (QED) is 0.914. The van der Waals surface area contributed by atoms with E-state index in [4.69, 9.17) is 4.74 Å². The maximum Gasteiger partial charge on any atom is 0.238 e. The van der Waals surface area contributed by atoms with Crippen LogP contribution in [0.15, 0.2) is 30.3 Å². The maximum atomic E-state index is 12.8. The van der Waals surface area contributed by atoms with Gasteiger partial charge < -0.3 is 10.1 Å². The molecule has 25 heavy (non-hydrogen) atoms. The highest BCUT2D eigenvalue weighted by atomic mass is 16.5. The van der Waals surface area contributed by atoms with Gasteiger partial charge in [0.15, 0.2) is 0 Å². The van der Waals surface area contributed by atoms with E-state index in [1.807, 2.05) is 25.1 Å². The standard InChI is InChI=1S/C20H27N3O2/c1-16(19(24)22-20(15-21)10-6-3-7-11-20)23-12-13-25-18(14-23)17-8-4-2-5-9-17/h2,4-5,8-9,16,18H,3,6-7,10-14H2,1H3,(H,22,24). The van der Waals surface area contributed by atoms with Gasteiger partial charge in [0.25, 0.3) is 0 Å². The molecule has 0 radical (unpaired) electrons. The van der Waals surface area contributed by atoms with Crippen LogP contribution in [0.2, 0.25) is 0 Å². The van der Waals surface area contributed by atoms with E-state index >= 15 is 0 Å². The number of carbonyl (C=O) groups excluding carboxylic acids is 1. The average molecular weight is 341 g/mol. The number of amides is 1. The predicted molar refractivity (Wildman–Crippen MR) is 95.7 cm³/mol. The summed E-state index contributed by atoms with van der Waals surface area (Å²) in [5.74, 6) is -0.0443. The summed E-state index contributed by atoms with van der Waals surface area (Å²) >= 11 is 0. The first-order valence-electron chi connectivity index (χ1n) is 9.27. The van der Waals surface area contributed by atoms with Crippen molar-refractivity contribution >= 4 is 5.91 Å². The zero-order valence-electron chi connectivity index (χ0n) is 14.9. The number of hydrogen-bond donors (Lipinski definition) is 1. The largest absolute Gasteiger partial charge is 0.371 e. The highest BCUT2D eigenvalue weighted by Crippen LogP contribution is 2.28. The fourth-order valence-corrected chi connectivity index (χ4v) is 3.82. The molecular formula is C20H27N3O2. The summed E-state index contributed by atoms with van der Waals surface area (Å²) in [4.78, 5) is 14.9. The van der Waals surface area contributed by atoms with E-state index in [1.54, 1.807) is 0 Å². The van der Waals surface area contributed by atoms with E-state index in [-0.39, 0.29) is 18.1 Å². The highest BCUT2D eigenvalue weighted by molar-refractivity contribution is 5.82. The van der Waals surface area contributed by atoms with Crippen molar-refractivity contribution in [2.75, 3.05) is 19.7 Å². The van der Waals surface area contributed by atoms with E-state index in [1.165, 1.54) is 0 Å². The van der Waals surface area contributed by atoms with Crippen molar-refractivity contribution in [3.63, 3.8) is 0 Å². The lowest BCUT2D eigenvalue weighted by Gasteiger charge is -2.38. The molecule has 1 aliphatic heterocycles. The number of benzene rings is 1. The minimum Gasteiger partial charge on any atom is -0.371 e. The molecule has 1 aromatic carbocycles. The summed E-state index contributed by atoms with van der Waals surface area (Å²) in [5, 5.41) is 12.6. The molecule has 2 unspecified atom stereocenters. The average Bonchev–Trinajstić information content (AvgIpc) is 2.69. The zero-order valence-corrected chi connectivity index (χ0v) is 14.9. The van der Waals surface area contributed by atoms with E-state index in [0.717, 1.165) is 44.2 Å². The van der Waals surface area contributed by atoms with Crippen molar-refractivity contribution in [1.29, 1.82) is 5.26 Å². The van der Waals surface area contributed by atoms with Crippen LogP contribution in [0.25, 0.3) is 0 Å². The molecule has 1 aromatic rings. The molecule has 1 aliphatic carbocycles. The third-order valence-electron chi connectivity index (χ3n) is 5.48. The highest BCUT2D eigenvalue weighted by Gasteiger charge is 2.36. The second-order valence-corrected chi connectivity index (χ2v) is 7.18. The normalized spacial score (nSPS) is 24.9. The summed E-state index contributed by atoms with van der Waals surface area (Å²) in [6, 6.07) is 12.2. The minimum atomic E-state index is -0.672. The van der Waals surface area contributed by atoms with Gasteiger partial charge in [-0.1, -0.05) is 49.6 Å². The molecule has 1 saturated carbocycles. The molecule has 134 valence electrons. The van der Waals surface area contributed by atoms with Crippen molar-refractivity contribution in [2.24, 2.45) is 0 Å². The van der Waals surface area contributed by atoms with Gasteiger partial charge in [-0.3, -0.25) is 9.69 Å². The van der Waals surface area contributed by atoms with Crippen LogP contribution in [0.4, 0.5) is 0 Å². The van der Waals surface area contributed by atoms with E-state index < -0.39 is 5.54 Å². The van der Waals surface area contributed by atoms with Gasteiger partial charge in [0.1, 0.15) is 5.54 Å². The number of rotatable bonds is 4. The molecule has 2 aliphatic rings. The van der Waals surface area contributed by atoms with Crippen molar-refractivity contribution in [2.45, 2.75) is 56.7 Å². The van der Waals surface area contributed by atoms with Crippen molar-refractivity contribution < 1.29 is 9.53 Å². The number of morpholine rings is 1. The van der Waals surface area contributed by atoms with Gasteiger partial charge in [-0.15, -0.1) is 0 Å². The van der Waals surface area contributed by atoms with Crippen LogP contribution in [0, 0.1) is 11.3 Å². The number of nitriles is 1. The van der Waals surface area contributed by atoms with Crippen LogP contribution in [0.3, 0.4) is 0 Å². The molecule has 1 heterocycles. The third-order valence-corrected chi connectivity index (χ3v) is 5.48. The van der Waals surface area contributed by atoms with Gasteiger partial charge >= 0.3 is 0 Å². The van der Waals surface area contributed by atoms with Crippen LogP contribution in [0.1, 0.15) is 50.7 Å². The smallest absolute Gasteiger partial charge is 0.238 e. The lowest BCUT2D eigenvalue weighted by Crippen LogP contribution is -2.56. The SMILES string of the molecule is CC(C(=O)NC1(C#N)CCCCC1)N1CCOC(c2ccccc2)C1. The molecule has 2 atom stereocenters. The van der Waals surface area contributed by atoms with E-state index in [2.05, 4.69) is 28.4 Å². The Hall–Kier alpha value is -1.90. The van der Waals surface area contributed by atoms with Gasteiger partial charge in [-0.05, 0) is 25.3 Å². The molecule has 0 aromatic heterocycles. The Bertz CT molecular complexity index is 620. The molecule has 5 nitrogen and oxygen atoms in total. The lowest BCUT2D eigenvalue weighted by atomic mass is 9.82. The number of ether oxygens (including phenoxy) is 1. The zero-order chi connectivity index (χ0) is 17.7. The Kier molecular flexibility index (Phi) is 5.72. The van der Waals surface area contributed by atoms with E-state index in [9.17, 15) is 10.1 Å². The molecule has 0 spiro atoms. The minimum absolute atomic E-state index is 0.00944. The molecule has 5 heteroatoms. The Balaban J connectivity index is 1.62. The third kappa shape index (κ3) is 4.20. The second kappa shape index (κ2) is 7.99. The molecule has 0 bridgehead atoms. The first kappa shape index (κ1) is 17.9. The topological polar surface area (TPSA) is 65.4 Å². The van der Waals surface area contributed by atoms with Crippen LogP contribution in [0.5, 0.6) is 0 Å². The summed E-state index contributed by atoms with van der Waals surface area (Å²) in [7, 11) is 0. The molecule has 1 N–H and O–H groups in total. The van der Waals surface area contributed by atoms with Crippen molar-refractivity contribution in [1.82, 2.24) is 10.2 Å². The summed E-state index contributed by atoms with van der Waals surface area (Å²) in [5.41, 5.74) is 0.468. The summed E-state index contributed by atoms with van der Waals surface area (Å²) in [6.07, 6.45) is 4.68. The van der Waals surface area contributed by atoms with Crippen molar-refractivity contribution in [3.8, 4) is 6.07 Å². The van der Waals surface area contributed by atoms with E-state index in [0.29, 0.717) is 13.2 Å². The fraction of sp³-hybridized carbons (Fsp3) is 0.600. The first-order valence-corrected chi connectivity index (χ1v) is 9.27. The Morgan fingerprint density at radius 2 is 2.04 bits per heavy atom. The number of nitrogens with zero attached hydrogens (tertiary/aromatic N) is 2. The van der Waals surface area contributed by atoms with Gasteiger partial charge in [-0.2, -0.15) is 5.26 Å². The van der Waals surface area contributed by atoms with Crippen LogP contribution >= 0.6 is 0 Å². The second-order valence-electron chi connectivity index (χ2n) is 7.18. The Morgan fingerprint density at radius 1 is 1.32 bits per heavy atom. The fourth-order valence-electron chi connectivity index (χ4n) is 3.82. The molecule has 1 amide bonds. The molecule has 3 rings (SSSR count). The maximum absolute atomic E-state index is 12.8. The Labute approximate surface area is 150 Å².